The number of nitrogen functional groups attached to an aromatic ring is 1. The van der Waals surface area contributed by atoms with E-state index in [2.05, 4.69) is 5.10 Å². The van der Waals surface area contributed by atoms with Crippen molar-refractivity contribution in [3.8, 4) is 0 Å². The summed E-state index contributed by atoms with van der Waals surface area (Å²) < 4.78 is 1.85. The van der Waals surface area contributed by atoms with Gasteiger partial charge in [-0.1, -0.05) is 18.0 Å². The Kier molecular flexibility index (Phi) is 1.97. The molecule has 1 saturated carbocycles. The van der Waals surface area contributed by atoms with Crippen molar-refractivity contribution < 1.29 is 0 Å². The van der Waals surface area contributed by atoms with Crippen molar-refractivity contribution in [1.82, 2.24) is 9.78 Å². The Morgan fingerprint density at radius 3 is 2.83 bits per heavy atom. The van der Waals surface area contributed by atoms with E-state index < -0.39 is 0 Å². The van der Waals surface area contributed by atoms with Crippen LogP contribution in [0.3, 0.4) is 0 Å². The van der Waals surface area contributed by atoms with Gasteiger partial charge in [-0.15, -0.1) is 0 Å². The van der Waals surface area contributed by atoms with Crippen molar-refractivity contribution in [1.29, 1.82) is 0 Å². The van der Waals surface area contributed by atoms with Gasteiger partial charge in [0.05, 0.1) is 0 Å². The molecule has 0 aromatic carbocycles. The minimum absolute atomic E-state index is 0.441. The van der Waals surface area contributed by atoms with Crippen LogP contribution < -0.4 is 5.73 Å². The third-order valence-corrected chi connectivity index (χ3v) is 2.70. The lowest BCUT2D eigenvalue weighted by molar-refractivity contribution is 0.267. The fraction of sp³-hybridized carbons (Fsp3) is 0.625. The number of halogens is 1. The molecule has 2 rings (SSSR count). The van der Waals surface area contributed by atoms with E-state index in [4.69, 9.17) is 17.3 Å². The molecule has 2 N–H and O–H groups in total. The van der Waals surface area contributed by atoms with Crippen molar-refractivity contribution in [3.63, 3.8) is 0 Å². The van der Waals surface area contributed by atoms with E-state index in [1.54, 1.807) is 6.20 Å². The molecular formula is C8H12ClN3. The van der Waals surface area contributed by atoms with Gasteiger partial charge in [0.25, 0.3) is 0 Å². The predicted molar refractivity (Wildman–Crippen MR) is 49.0 cm³/mol. The maximum atomic E-state index is 5.77. The highest BCUT2D eigenvalue weighted by Gasteiger charge is 2.18. The molecule has 0 radical (unpaired) electrons. The highest BCUT2D eigenvalue weighted by Crippen LogP contribution is 2.28. The molecule has 66 valence electrons. The van der Waals surface area contributed by atoms with E-state index in [1.807, 2.05) is 4.68 Å². The van der Waals surface area contributed by atoms with Crippen molar-refractivity contribution in [3.05, 3.63) is 11.2 Å². The first-order valence-corrected chi connectivity index (χ1v) is 4.62. The van der Waals surface area contributed by atoms with E-state index >= 15 is 0 Å². The van der Waals surface area contributed by atoms with Gasteiger partial charge in [0.1, 0.15) is 5.02 Å². The molecular weight excluding hydrogens is 174 g/mol. The molecule has 0 spiro atoms. The van der Waals surface area contributed by atoms with Crippen LogP contribution in [0.5, 0.6) is 0 Å². The third kappa shape index (κ3) is 1.41. The fourth-order valence-corrected chi connectivity index (χ4v) is 1.60. The Labute approximate surface area is 76.5 Å². The summed E-state index contributed by atoms with van der Waals surface area (Å²) in [6.45, 7) is 0.969. The molecule has 3 nitrogen and oxygen atoms in total. The Bertz CT molecular complexity index is 258. The van der Waals surface area contributed by atoms with E-state index in [-0.39, 0.29) is 0 Å². The lowest BCUT2D eigenvalue weighted by atomic mass is 9.85. The lowest BCUT2D eigenvalue weighted by Crippen LogP contribution is -2.18. The minimum Gasteiger partial charge on any atom is -0.381 e. The molecule has 0 bridgehead atoms. The topological polar surface area (TPSA) is 43.8 Å². The van der Waals surface area contributed by atoms with Crippen LogP contribution in [0.1, 0.15) is 19.3 Å². The quantitative estimate of drug-likeness (QED) is 0.765. The Balaban J connectivity index is 2.02. The van der Waals surface area contributed by atoms with Crippen LogP contribution >= 0.6 is 11.6 Å². The van der Waals surface area contributed by atoms with Crippen molar-refractivity contribution in [2.45, 2.75) is 25.8 Å². The first kappa shape index (κ1) is 7.92. The van der Waals surface area contributed by atoms with Crippen LogP contribution in [-0.4, -0.2) is 9.78 Å². The van der Waals surface area contributed by atoms with E-state index in [1.165, 1.54) is 19.3 Å². The summed E-state index contributed by atoms with van der Waals surface area (Å²) in [4.78, 5) is 0. The second-order valence-electron chi connectivity index (χ2n) is 3.38. The Morgan fingerprint density at radius 2 is 2.42 bits per heavy atom. The number of anilines is 1. The van der Waals surface area contributed by atoms with Crippen molar-refractivity contribution >= 4 is 17.4 Å². The molecule has 1 aliphatic carbocycles. The normalized spacial score (nSPS) is 17.8. The summed E-state index contributed by atoms with van der Waals surface area (Å²) in [5.74, 6) is 1.23. The Morgan fingerprint density at radius 1 is 1.67 bits per heavy atom. The number of hydrogen-bond donors (Lipinski definition) is 1. The fourth-order valence-electron chi connectivity index (χ4n) is 1.45. The van der Waals surface area contributed by atoms with Gasteiger partial charge in [0.15, 0.2) is 5.82 Å². The zero-order chi connectivity index (χ0) is 8.55. The maximum absolute atomic E-state index is 5.77. The zero-order valence-electron chi connectivity index (χ0n) is 6.83. The molecule has 0 unspecified atom stereocenters. The molecule has 1 aliphatic rings. The SMILES string of the molecule is Nc1nn(CC2CCC2)cc1Cl. The average molecular weight is 186 g/mol. The predicted octanol–water partition coefficient (Wildman–Crippen LogP) is 1.92. The number of nitrogens with zero attached hydrogens (tertiary/aromatic N) is 2. The van der Waals surface area contributed by atoms with Crippen LogP contribution in [0.4, 0.5) is 5.82 Å². The zero-order valence-corrected chi connectivity index (χ0v) is 7.59. The van der Waals surface area contributed by atoms with Gasteiger partial charge in [-0.05, 0) is 18.8 Å². The largest absolute Gasteiger partial charge is 0.381 e. The number of nitrogens with two attached hydrogens (primary N) is 1. The maximum Gasteiger partial charge on any atom is 0.164 e. The minimum atomic E-state index is 0.441. The third-order valence-electron chi connectivity index (χ3n) is 2.41. The van der Waals surface area contributed by atoms with Gasteiger partial charge >= 0.3 is 0 Å². The van der Waals surface area contributed by atoms with Crippen LogP contribution in [0.15, 0.2) is 6.20 Å². The first-order chi connectivity index (χ1) is 5.75. The number of aromatic nitrogens is 2. The van der Waals surface area contributed by atoms with E-state index in [0.717, 1.165) is 12.5 Å². The highest BCUT2D eigenvalue weighted by atomic mass is 35.5. The van der Waals surface area contributed by atoms with Crippen molar-refractivity contribution in [2.24, 2.45) is 5.92 Å². The monoisotopic (exact) mass is 185 g/mol. The standard InChI is InChI=1S/C8H12ClN3/c9-7-5-12(11-8(7)10)4-6-2-1-3-6/h5-6H,1-4H2,(H2,10,11). The van der Waals surface area contributed by atoms with Gasteiger partial charge in [-0.25, -0.2) is 0 Å². The van der Waals surface area contributed by atoms with Gasteiger partial charge < -0.3 is 5.73 Å². The molecule has 1 aromatic heterocycles. The van der Waals surface area contributed by atoms with Crippen LogP contribution in [0.25, 0.3) is 0 Å². The highest BCUT2D eigenvalue weighted by molar-refractivity contribution is 6.32. The van der Waals surface area contributed by atoms with Crippen LogP contribution in [-0.2, 0) is 6.54 Å². The number of hydrogen-bond acceptors (Lipinski definition) is 2. The first-order valence-electron chi connectivity index (χ1n) is 4.24. The Hall–Kier alpha value is -0.700. The molecule has 1 aromatic rings. The van der Waals surface area contributed by atoms with Gasteiger partial charge in [0.2, 0.25) is 0 Å². The summed E-state index contributed by atoms with van der Waals surface area (Å²) in [7, 11) is 0. The molecule has 0 aliphatic heterocycles. The summed E-state index contributed by atoms with van der Waals surface area (Å²) in [5.41, 5.74) is 5.51. The molecule has 1 heterocycles. The second-order valence-corrected chi connectivity index (χ2v) is 3.79. The average Bonchev–Trinajstić information content (AvgIpc) is 2.24. The summed E-state index contributed by atoms with van der Waals surface area (Å²) >= 11 is 5.77. The second kappa shape index (κ2) is 2.98. The summed E-state index contributed by atoms with van der Waals surface area (Å²) in [5, 5.41) is 4.66. The molecule has 0 amide bonds. The van der Waals surface area contributed by atoms with Crippen molar-refractivity contribution in [2.75, 3.05) is 5.73 Å². The molecule has 0 saturated heterocycles. The van der Waals surface area contributed by atoms with Gasteiger partial charge in [0, 0.05) is 12.7 Å². The van der Waals surface area contributed by atoms with Crippen LogP contribution in [0.2, 0.25) is 5.02 Å². The lowest BCUT2D eigenvalue weighted by Gasteiger charge is -2.24. The molecule has 4 heteroatoms. The van der Waals surface area contributed by atoms with Gasteiger partial charge in [-0.3, -0.25) is 4.68 Å². The smallest absolute Gasteiger partial charge is 0.164 e. The number of rotatable bonds is 2. The summed E-state index contributed by atoms with van der Waals surface area (Å²) in [6.07, 6.45) is 5.79. The molecule has 12 heavy (non-hydrogen) atoms. The summed E-state index contributed by atoms with van der Waals surface area (Å²) in [6, 6.07) is 0. The van der Waals surface area contributed by atoms with E-state index in [0.29, 0.717) is 10.8 Å². The van der Waals surface area contributed by atoms with Crippen LogP contribution in [0, 0.1) is 5.92 Å². The van der Waals surface area contributed by atoms with E-state index in [9.17, 15) is 0 Å². The van der Waals surface area contributed by atoms with Gasteiger partial charge in [-0.2, -0.15) is 5.10 Å². The molecule has 1 fully saturated rings. The molecule has 0 atom stereocenters.